The Morgan fingerprint density at radius 2 is 1.08 bits per heavy atom. The number of fused-ring (bicyclic) bond motifs is 1. The number of aromatic nitrogens is 1. The molecule has 2 nitrogen and oxygen atoms in total. The van der Waals surface area contributed by atoms with E-state index in [1.54, 1.807) is 0 Å². The predicted octanol–water partition coefficient (Wildman–Crippen LogP) is 8.75. The fourth-order valence-electron chi connectivity index (χ4n) is 4.53. The zero-order chi connectivity index (χ0) is 24.5. The van der Waals surface area contributed by atoms with E-state index in [9.17, 15) is 9.50 Å². The molecule has 172 valence electrons. The molecule has 0 bridgehead atoms. The van der Waals surface area contributed by atoms with Gasteiger partial charge in [0.05, 0.1) is 11.4 Å². The largest absolute Gasteiger partial charge is 0.507 e. The summed E-state index contributed by atoms with van der Waals surface area (Å²) in [6.07, 6.45) is 0. The van der Waals surface area contributed by atoms with Crippen LogP contribution in [0.3, 0.4) is 0 Å². The van der Waals surface area contributed by atoms with E-state index in [1.807, 2.05) is 48.5 Å². The Morgan fingerprint density at radius 3 is 1.86 bits per heavy atom. The third-order valence-corrected chi connectivity index (χ3v) is 6.43. The van der Waals surface area contributed by atoms with Crippen LogP contribution in [0.4, 0.5) is 4.39 Å². The van der Waals surface area contributed by atoms with Crippen molar-refractivity contribution in [1.82, 2.24) is 4.98 Å². The Morgan fingerprint density at radius 1 is 0.472 bits per heavy atom. The molecule has 6 aromatic rings. The van der Waals surface area contributed by atoms with Crippen molar-refractivity contribution in [1.29, 1.82) is 0 Å². The number of hydrogen-bond acceptors (Lipinski definition) is 2. The molecule has 0 atom stereocenters. The fraction of sp³-hybridized carbons (Fsp3) is 0. The van der Waals surface area contributed by atoms with E-state index < -0.39 is 5.82 Å². The van der Waals surface area contributed by atoms with Crippen LogP contribution in [0, 0.1) is 5.82 Å². The Kier molecular flexibility index (Phi) is 5.51. The van der Waals surface area contributed by atoms with Gasteiger partial charge in [-0.15, -0.1) is 0 Å². The number of rotatable bonds is 4. The minimum absolute atomic E-state index is 0.00932. The van der Waals surface area contributed by atoms with Gasteiger partial charge >= 0.3 is 0 Å². The highest BCUT2D eigenvalue weighted by Gasteiger charge is 2.13. The van der Waals surface area contributed by atoms with Crippen LogP contribution in [0.15, 0.2) is 127 Å². The van der Waals surface area contributed by atoms with E-state index in [1.165, 1.54) is 18.2 Å². The standard InChI is InChI=1S/C33H22FNO/c34-29-16-17-33(36)30(21-29)32-20-28(25-12-10-24(11-13-25)22-6-2-1-3-7-22)19-31(35-32)27-15-14-23-8-4-5-9-26(23)18-27/h1-21,36H. The summed E-state index contributed by atoms with van der Waals surface area (Å²) in [7, 11) is 0. The van der Waals surface area contributed by atoms with Gasteiger partial charge in [0.1, 0.15) is 11.6 Å². The molecule has 1 N–H and O–H groups in total. The fourth-order valence-corrected chi connectivity index (χ4v) is 4.53. The van der Waals surface area contributed by atoms with Crippen molar-refractivity contribution in [2.45, 2.75) is 0 Å². The van der Waals surface area contributed by atoms with Crippen molar-refractivity contribution in [3.05, 3.63) is 133 Å². The topological polar surface area (TPSA) is 33.1 Å². The second kappa shape index (κ2) is 9.12. The average Bonchev–Trinajstić information content (AvgIpc) is 2.94. The highest BCUT2D eigenvalue weighted by molar-refractivity contribution is 5.88. The van der Waals surface area contributed by atoms with Crippen molar-refractivity contribution < 1.29 is 9.50 Å². The second-order valence-electron chi connectivity index (χ2n) is 8.79. The maximum absolute atomic E-state index is 14.1. The smallest absolute Gasteiger partial charge is 0.125 e. The molecule has 0 aliphatic rings. The summed E-state index contributed by atoms with van der Waals surface area (Å²) in [5.74, 6) is -0.431. The molecule has 1 aromatic heterocycles. The minimum Gasteiger partial charge on any atom is -0.507 e. The zero-order valence-corrected chi connectivity index (χ0v) is 19.4. The minimum atomic E-state index is -0.422. The van der Waals surface area contributed by atoms with Gasteiger partial charge in [-0.25, -0.2) is 9.37 Å². The summed E-state index contributed by atoms with van der Waals surface area (Å²) in [5, 5.41) is 12.8. The summed E-state index contributed by atoms with van der Waals surface area (Å²) in [6.45, 7) is 0. The van der Waals surface area contributed by atoms with Crippen LogP contribution in [-0.2, 0) is 0 Å². The molecule has 0 aliphatic heterocycles. The first kappa shape index (κ1) is 21.8. The molecule has 3 heteroatoms. The lowest BCUT2D eigenvalue weighted by molar-refractivity contribution is 0.475. The first-order valence-corrected chi connectivity index (χ1v) is 11.8. The normalized spacial score (nSPS) is 11.0. The molecule has 0 aliphatic carbocycles. The molecule has 0 unspecified atom stereocenters. The van der Waals surface area contributed by atoms with Crippen molar-refractivity contribution >= 4 is 10.8 Å². The number of halogens is 1. The van der Waals surface area contributed by atoms with Gasteiger partial charge in [-0.2, -0.15) is 0 Å². The molecule has 0 spiro atoms. The number of hydrogen-bond donors (Lipinski definition) is 1. The summed E-state index contributed by atoms with van der Waals surface area (Å²) in [5.41, 5.74) is 6.81. The molecule has 0 radical (unpaired) electrons. The Labute approximate surface area is 209 Å². The first-order chi connectivity index (χ1) is 17.6. The summed E-state index contributed by atoms with van der Waals surface area (Å²) in [4.78, 5) is 4.85. The highest BCUT2D eigenvalue weighted by atomic mass is 19.1. The van der Waals surface area contributed by atoms with E-state index in [2.05, 4.69) is 60.7 Å². The molecule has 0 saturated carbocycles. The van der Waals surface area contributed by atoms with Crippen molar-refractivity contribution in [3.8, 4) is 50.5 Å². The quantitative estimate of drug-likeness (QED) is 0.281. The number of phenols is 1. The number of aromatic hydroxyl groups is 1. The lowest BCUT2D eigenvalue weighted by Gasteiger charge is -2.12. The summed E-state index contributed by atoms with van der Waals surface area (Å²) >= 11 is 0. The van der Waals surface area contributed by atoms with E-state index in [4.69, 9.17) is 4.98 Å². The monoisotopic (exact) mass is 467 g/mol. The van der Waals surface area contributed by atoms with Gasteiger partial charge in [0.2, 0.25) is 0 Å². The van der Waals surface area contributed by atoms with Gasteiger partial charge in [0.25, 0.3) is 0 Å². The number of pyridine rings is 1. The number of phenolic OH excluding ortho intramolecular Hbond substituents is 1. The highest BCUT2D eigenvalue weighted by Crippen LogP contribution is 2.35. The lowest BCUT2D eigenvalue weighted by Crippen LogP contribution is -1.92. The average molecular weight is 468 g/mol. The van der Waals surface area contributed by atoms with Gasteiger partial charge < -0.3 is 5.11 Å². The van der Waals surface area contributed by atoms with Gasteiger partial charge in [-0.1, -0.05) is 91.0 Å². The lowest BCUT2D eigenvalue weighted by atomic mass is 9.97. The van der Waals surface area contributed by atoms with Gasteiger partial charge in [-0.05, 0) is 69.4 Å². The van der Waals surface area contributed by atoms with Gasteiger partial charge in [0, 0.05) is 11.1 Å². The van der Waals surface area contributed by atoms with Crippen molar-refractivity contribution in [2.24, 2.45) is 0 Å². The summed E-state index contributed by atoms with van der Waals surface area (Å²) in [6, 6.07) is 40.9. The van der Waals surface area contributed by atoms with E-state index in [0.717, 1.165) is 44.3 Å². The molecular formula is C33H22FNO. The van der Waals surface area contributed by atoms with Crippen molar-refractivity contribution in [2.75, 3.05) is 0 Å². The zero-order valence-electron chi connectivity index (χ0n) is 19.4. The molecule has 5 aromatic carbocycles. The van der Waals surface area contributed by atoms with Crippen LogP contribution in [-0.4, -0.2) is 10.1 Å². The predicted molar refractivity (Wildman–Crippen MR) is 145 cm³/mol. The van der Waals surface area contributed by atoms with Crippen LogP contribution in [0.5, 0.6) is 5.75 Å². The van der Waals surface area contributed by atoms with E-state index >= 15 is 0 Å². The van der Waals surface area contributed by atoms with Crippen LogP contribution in [0.1, 0.15) is 0 Å². The Balaban J connectivity index is 1.51. The second-order valence-corrected chi connectivity index (χ2v) is 8.79. The first-order valence-electron chi connectivity index (χ1n) is 11.8. The summed E-state index contributed by atoms with van der Waals surface area (Å²) < 4.78 is 14.1. The number of benzene rings is 5. The van der Waals surface area contributed by atoms with Crippen LogP contribution < -0.4 is 0 Å². The van der Waals surface area contributed by atoms with Crippen LogP contribution in [0.25, 0.3) is 55.5 Å². The van der Waals surface area contributed by atoms with E-state index in [0.29, 0.717) is 11.3 Å². The molecule has 36 heavy (non-hydrogen) atoms. The molecule has 0 saturated heterocycles. The molecule has 1 heterocycles. The van der Waals surface area contributed by atoms with Gasteiger partial charge in [0.15, 0.2) is 0 Å². The third kappa shape index (κ3) is 4.23. The molecule has 0 amide bonds. The third-order valence-electron chi connectivity index (χ3n) is 6.43. The number of nitrogens with zero attached hydrogens (tertiary/aromatic N) is 1. The Bertz CT molecular complexity index is 1690. The molecule has 0 fully saturated rings. The Hall–Kier alpha value is -4.76. The van der Waals surface area contributed by atoms with E-state index in [-0.39, 0.29) is 5.75 Å². The molecular weight excluding hydrogens is 445 g/mol. The van der Waals surface area contributed by atoms with Crippen molar-refractivity contribution in [3.63, 3.8) is 0 Å². The molecule has 6 rings (SSSR count). The maximum Gasteiger partial charge on any atom is 0.125 e. The maximum atomic E-state index is 14.1. The van der Waals surface area contributed by atoms with Gasteiger partial charge in [-0.3, -0.25) is 0 Å². The van der Waals surface area contributed by atoms with Crippen LogP contribution in [0.2, 0.25) is 0 Å². The SMILES string of the molecule is Oc1ccc(F)cc1-c1cc(-c2ccc(-c3ccccc3)cc2)cc(-c2ccc3ccccc3c2)n1. The van der Waals surface area contributed by atoms with Crippen LogP contribution >= 0.6 is 0 Å².